The SMILES string of the molecule is CN(CCOCC1CC1)C(=O)COCC(=O)O. The van der Waals surface area contributed by atoms with Gasteiger partial charge in [-0.05, 0) is 18.8 Å². The van der Waals surface area contributed by atoms with Crippen molar-refractivity contribution in [2.24, 2.45) is 5.92 Å². The normalized spacial score (nSPS) is 14.6. The molecule has 0 heterocycles. The van der Waals surface area contributed by atoms with Crippen molar-refractivity contribution in [3.63, 3.8) is 0 Å². The molecule has 0 bridgehead atoms. The fourth-order valence-corrected chi connectivity index (χ4v) is 1.20. The van der Waals surface area contributed by atoms with Crippen LogP contribution in [0.2, 0.25) is 0 Å². The average molecular weight is 245 g/mol. The van der Waals surface area contributed by atoms with Crippen LogP contribution in [0.4, 0.5) is 0 Å². The first-order valence-corrected chi connectivity index (χ1v) is 5.71. The Bertz CT molecular complexity index is 265. The lowest BCUT2D eigenvalue weighted by molar-refractivity contribution is -0.145. The number of carbonyl (C=O) groups is 2. The fraction of sp³-hybridized carbons (Fsp3) is 0.818. The van der Waals surface area contributed by atoms with Crippen molar-refractivity contribution in [2.75, 3.05) is 40.0 Å². The van der Waals surface area contributed by atoms with Crippen LogP contribution in [0.1, 0.15) is 12.8 Å². The number of carboxylic acids is 1. The van der Waals surface area contributed by atoms with Crippen molar-refractivity contribution in [3.8, 4) is 0 Å². The van der Waals surface area contributed by atoms with E-state index in [9.17, 15) is 9.59 Å². The molecule has 0 spiro atoms. The van der Waals surface area contributed by atoms with Crippen LogP contribution < -0.4 is 0 Å². The lowest BCUT2D eigenvalue weighted by Crippen LogP contribution is -2.33. The lowest BCUT2D eigenvalue weighted by atomic mass is 10.4. The van der Waals surface area contributed by atoms with Crippen LogP contribution in [0.3, 0.4) is 0 Å². The van der Waals surface area contributed by atoms with E-state index in [-0.39, 0.29) is 12.5 Å². The van der Waals surface area contributed by atoms with Crippen LogP contribution in [-0.2, 0) is 19.1 Å². The second-order valence-electron chi connectivity index (χ2n) is 4.22. The highest BCUT2D eigenvalue weighted by Crippen LogP contribution is 2.28. The molecule has 0 unspecified atom stereocenters. The van der Waals surface area contributed by atoms with Gasteiger partial charge < -0.3 is 19.5 Å². The number of carboxylic acid groups (broad SMARTS) is 1. The van der Waals surface area contributed by atoms with Crippen LogP contribution in [0.15, 0.2) is 0 Å². The Morgan fingerprint density at radius 2 is 2.00 bits per heavy atom. The molecule has 0 saturated heterocycles. The molecule has 1 rings (SSSR count). The Labute approximate surface area is 100 Å². The van der Waals surface area contributed by atoms with Crippen molar-refractivity contribution in [1.29, 1.82) is 0 Å². The second kappa shape index (κ2) is 7.24. The molecular formula is C11H19NO5. The van der Waals surface area contributed by atoms with Gasteiger partial charge in [0.05, 0.1) is 6.61 Å². The van der Waals surface area contributed by atoms with Gasteiger partial charge in [0.2, 0.25) is 5.91 Å². The summed E-state index contributed by atoms with van der Waals surface area (Å²) in [5.41, 5.74) is 0. The monoisotopic (exact) mass is 245 g/mol. The number of aliphatic carboxylic acids is 1. The van der Waals surface area contributed by atoms with E-state index in [1.54, 1.807) is 7.05 Å². The Kier molecular flexibility index (Phi) is 5.93. The van der Waals surface area contributed by atoms with E-state index >= 15 is 0 Å². The summed E-state index contributed by atoms with van der Waals surface area (Å²) in [7, 11) is 1.65. The highest BCUT2D eigenvalue weighted by Gasteiger charge is 2.21. The van der Waals surface area contributed by atoms with Gasteiger partial charge in [-0.15, -0.1) is 0 Å². The van der Waals surface area contributed by atoms with E-state index in [0.29, 0.717) is 13.2 Å². The van der Waals surface area contributed by atoms with Crippen molar-refractivity contribution >= 4 is 11.9 Å². The van der Waals surface area contributed by atoms with Gasteiger partial charge in [0, 0.05) is 20.2 Å². The van der Waals surface area contributed by atoms with E-state index in [0.717, 1.165) is 12.5 Å². The summed E-state index contributed by atoms with van der Waals surface area (Å²) >= 11 is 0. The van der Waals surface area contributed by atoms with E-state index in [1.807, 2.05) is 0 Å². The van der Waals surface area contributed by atoms with Crippen molar-refractivity contribution in [2.45, 2.75) is 12.8 Å². The fourth-order valence-electron chi connectivity index (χ4n) is 1.20. The molecule has 0 radical (unpaired) electrons. The van der Waals surface area contributed by atoms with E-state index in [1.165, 1.54) is 17.7 Å². The summed E-state index contributed by atoms with van der Waals surface area (Å²) in [6.45, 7) is 1.14. The number of nitrogens with zero attached hydrogens (tertiary/aromatic N) is 1. The summed E-state index contributed by atoms with van der Waals surface area (Å²) < 4.78 is 10.1. The van der Waals surface area contributed by atoms with Crippen molar-refractivity contribution in [1.82, 2.24) is 4.90 Å². The molecular weight excluding hydrogens is 226 g/mol. The summed E-state index contributed by atoms with van der Waals surface area (Å²) in [5, 5.41) is 8.33. The molecule has 1 N–H and O–H groups in total. The molecule has 0 aromatic heterocycles. The molecule has 6 nitrogen and oxygen atoms in total. The topological polar surface area (TPSA) is 76.1 Å². The second-order valence-corrected chi connectivity index (χ2v) is 4.22. The maximum atomic E-state index is 11.4. The Hall–Kier alpha value is -1.14. The molecule has 1 amide bonds. The number of rotatable bonds is 9. The van der Waals surface area contributed by atoms with Gasteiger partial charge in [-0.3, -0.25) is 4.79 Å². The minimum absolute atomic E-state index is 0.203. The van der Waals surface area contributed by atoms with Gasteiger partial charge in [0.1, 0.15) is 13.2 Å². The average Bonchev–Trinajstić information content (AvgIpc) is 3.07. The van der Waals surface area contributed by atoms with Crippen LogP contribution >= 0.6 is 0 Å². The van der Waals surface area contributed by atoms with Crippen LogP contribution in [0, 0.1) is 5.92 Å². The van der Waals surface area contributed by atoms with Gasteiger partial charge in [0.25, 0.3) is 0 Å². The van der Waals surface area contributed by atoms with Gasteiger partial charge in [0.15, 0.2) is 0 Å². The first kappa shape index (κ1) is 13.9. The Balaban J connectivity index is 1.98. The van der Waals surface area contributed by atoms with E-state index < -0.39 is 12.6 Å². The smallest absolute Gasteiger partial charge is 0.329 e. The Morgan fingerprint density at radius 1 is 1.29 bits per heavy atom. The minimum Gasteiger partial charge on any atom is -0.480 e. The molecule has 1 aliphatic carbocycles. The molecule has 0 aliphatic heterocycles. The third-order valence-corrected chi connectivity index (χ3v) is 2.50. The first-order valence-electron chi connectivity index (χ1n) is 5.71. The molecule has 17 heavy (non-hydrogen) atoms. The zero-order valence-electron chi connectivity index (χ0n) is 10.1. The van der Waals surface area contributed by atoms with Crippen LogP contribution in [0.5, 0.6) is 0 Å². The number of amides is 1. The lowest BCUT2D eigenvalue weighted by Gasteiger charge is -2.16. The van der Waals surface area contributed by atoms with Crippen LogP contribution in [-0.4, -0.2) is 61.9 Å². The third kappa shape index (κ3) is 6.91. The van der Waals surface area contributed by atoms with Crippen molar-refractivity contribution in [3.05, 3.63) is 0 Å². The van der Waals surface area contributed by atoms with Crippen LogP contribution in [0.25, 0.3) is 0 Å². The zero-order valence-corrected chi connectivity index (χ0v) is 10.1. The highest BCUT2D eigenvalue weighted by atomic mass is 16.5. The van der Waals surface area contributed by atoms with Gasteiger partial charge in [-0.2, -0.15) is 0 Å². The minimum atomic E-state index is -1.08. The molecule has 1 aliphatic rings. The molecule has 0 aromatic carbocycles. The molecule has 98 valence electrons. The quantitative estimate of drug-likeness (QED) is 0.577. The standard InChI is InChI=1S/C11H19NO5/c1-12(4-5-16-6-9-2-3-9)10(13)7-17-8-11(14)15/h9H,2-8H2,1H3,(H,14,15). The van der Waals surface area contributed by atoms with Gasteiger partial charge in [-0.1, -0.05) is 0 Å². The molecule has 0 aromatic rings. The van der Waals surface area contributed by atoms with Gasteiger partial charge >= 0.3 is 5.97 Å². The maximum Gasteiger partial charge on any atom is 0.329 e. The molecule has 1 fully saturated rings. The number of hydrogen-bond donors (Lipinski definition) is 1. The van der Waals surface area contributed by atoms with Gasteiger partial charge in [-0.25, -0.2) is 4.79 Å². The molecule has 6 heteroatoms. The largest absolute Gasteiger partial charge is 0.480 e. The number of carbonyl (C=O) groups excluding carboxylic acids is 1. The third-order valence-electron chi connectivity index (χ3n) is 2.50. The molecule has 0 atom stereocenters. The predicted molar refractivity (Wildman–Crippen MR) is 59.6 cm³/mol. The summed E-state index contributed by atoms with van der Waals surface area (Å²) in [6, 6.07) is 0. The van der Waals surface area contributed by atoms with E-state index in [2.05, 4.69) is 0 Å². The first-order chi connectivity index (χ1) is 8.09. The van der Waals surface area contributed by atoms with E-state index in [4.69, 9.17) is 14.6 Å². The zero-order chi connectivity index (χ0) is 12.7. The number of hydrogen-bond acceptors (Lipinski definition) is 4. The number of likely N-dealkylation sites (N-methyl/N-ethyl adjacent to an activating group) is 1. The maximum absolute atomic E-state index is 11.4. The van der Waals surface area contributed by atoms with Crippen molar-refractivity contribution < 1.29 is 24.2 Å². The Morgan fingerprint density at radius 3 is 2.59 bits per heavy atom. The highest BCUT2D eigenvalue weighted by molar-refractivity contribution is 5.77. The molecule has 1 saturated carbocycles. The summed E-state index contributed by atoms with van der Waals surface area (Å²) in [5.74, 6) is -0.593. The summed E-state index contributed by atoms with van der Waals surface area (Å²) in [4.78, 5) is 23.1. The number of ether oxygens (including phenoxy) is 2. The predicted octanol–water partition coefficient (Wildman–Crippen LogP) is -0.0274. The summed E-state index contributed by atoms with van der Waals surface area (Å²) in [6.07, 6.45) is 2.50.